The molecule has 0 aliphatic carbocycles. The fourth-order valence-corrected chi connectivity index (χ4v) is 2.96. The first kappa shape index (κ1) is 25.1. The van der Waals surface area contributed by atoms with Crippen molar-refractivity contribution in [1.82, 2.24) is 15.2 Å². The molecule has 0 aromatic heterocycles. The number of rotatable bonds is 8. The molecule has 1 aliphatic heterocycles. The van der Waals surface area contributed by atoms with E-state index in [0.717, 1.165) is 37.5 Å². The van der Waals surface area contributed by atoms with Gasteiger partial charge >= 0.3 is 6.03 Å². The summed E-state index contributed by atoms with van der Waals surface area (Å²) in [5.74, 6) is -2.91. The highest BCUT2D eigenvalue weighted by molar-refractivity contribution is 6.18. The number of carboxylic acids is 2. The standard InChI is InChI=1S/C15H21ClN4O2.C4H4O4/c16-8-10-20(18-22)15(21)17-14-7-4-9-19(12-14)11-13-5-2-1-3-6-13;5-3(6)1-2-4(7)8/h1-3,5-6,14H,4,7-12H2,(H,17,21);1-2H,(H,5,6)(H,7,8)/p-2/b;2-1+. The molecule has 0 radical (unpaired) electrons. The Morgan fingerprint density at radius 2 is 1.83 bits per heavy atom. The van der Waals surface area contributed by atoms with Gasteiger partial charge in [-0.1, -0.05) is 30.3 Å². The Morgan fingerprint density at radius 3 is 2.37 bits per heavy atom. The summed E-state index contributed by atoms with van der Waals surface area (Å²) < 4.78 is 0. The van der Waals surface area contributed by atoms with Crippen molar-refractivity contribution in [3.05, 3.63) is 53.0 Å². The van der Waals surface area contributed by atoms with Gasteiger partial charge in [-0.05, 0) is 37.1 Å². The van der Waals surface area contributed by atoms with E-state index in [4.69, 9.17) is 11.6 Å². The Morgan fingerprint density at radius 1 is 1.20 bits per heavy atom. The molecular formula is C19H23ClN4O6-2. The predicted octanol–water partition coefficient (Wildman–Crippen LogP) is -0.375. The van der Waals surface area contributed by atoms with Gasteiger partial charge in [-0.3, -0.25) is 4.90 Å². The van der Waals surface area contributed by atoms with Crippen molar-refractivity contribution in [1.29, 1.82) is 0 Å². The van der Waals surface area contributed by atoms with Crippen molar-refractivity contribution < 1.29 is 24.6 Å². The van der Waals surface area contributed by atoms with E-state index in [-0.39, 0.29) is 18.5 Å². The molecule has 1 unspecified atom stereocenters. The van der Waals surface area contributed by atoms with E-state index >= 15 is 0 Å². The Hall–Kier alpha value is -2.98. The topological polar surface area (TPSA) is 145 Å². The fourth-order valence-electron chi connectivity index (χ4n) is 2.80. The van der Waals surface area contributed by atoms with E-state index in [1.807, 2.05) is 18.2 Å². The Kier molecular flexibility index (Phi) is 11.8. The van der Waals surface area contributed by atoms with Crippen LogP contribution in [0.2, 0.25) is 0 Å². The van der Waals surface area contributed by atoms with Crippen LogP contribution in [0.1, 0.15) is 18.4 Å². The lowest BCUT2D eigenvalue weighted by Gasteiger charge is -2.33. The number of likely N-dealkylation sites (tertiary alicyclic amines) is 1. The number of carbonyl (C=O) groups excluding carboxylic acids is 3. The molecule has 0 saturated carbocycles. The summed E-state index contributed by atoms with van der Waals surface area (Å²) in [5.41, 5.74) is 1.26. The van der Waals surface area contributed by atoms with Gasteiger partial charge in [-0.2, -0.15) is 5.01 Å². The zero-order chi connectivity index (χ0) is 22.4. The lowest BCUT2D eigenvalue weighted by Crippen LogP contribution is -2.50. The molecule has 1 saturated heterocycles. The van der Waals surface area contributed by atoms with Crippen LogP contribution in [0, 0.1) is 4.91 Å². The van der Waals surface area contributed by atoms with Gasteiger partial charge in [-0.25, -0.2) is 4.79 Å². The number of aliphatic carboxylic acids is 2. The smallest absolute Gasteiger partial charge is 0.340 e. The number of nitrogens with zero attached hydrogens (tertiary/aromatic N) is 3. The third kappa shape index (κ3) is 10.5. The third-order valence-corrected chi connectivity index (χ3v) is 4.24. The molecule has 1 N–H and O–H groups in total. The molecule has 1 fully saturated rings. The number of urea groups is 1. The first-order valence-corrected chi connectivity index (χ1v) is 9.72. The average Bonchev–Trinajstić information content (AvgIpc) is 2.72. The molecule has 0 spiro atoms. The van der Waals surface area contributed by atoms with E-state index in [2.05, 4.69) is 27.6 Å². The molecule has 1 aliphatic rings. The summed E-state index contributed by atoms with van der Waals surface area (Å²) in [6.45, 7) is 2.77. The molecular weight excluding hydrogens is 416 g/mol. The molecule has 0 bridgehead atoms. The van der Waals surface area contributed by atoms with Gasteiger partial charge in [0.05, 0.1) is 23.8 Å². The second kappa shape index (κ2) is 14.1. The average molecular weight is 439 g/mol. The van der Waals surface area contributed by atoms with Gasteiger partial charge in [-0.15, -0.1) is 16.5 Å². The summed E-state index contributed by atoms with van der Waals surface area (Å²) in [5, 5.41) is 25.2. The second-order valence-electron chi connectivity index (χ2n) is 6.37. The van der Waals surface area contributed by atoms with Crippen LogP contribution >= 0.6 is 11.6 Å². The van der Waals surface area contributed by atoms with E-state index in [9.17, 15) is 29.5 Å². The van der Waals surface area contributed by atoms with Crippen LogP contribution in [-0.4, -0.2) is 59.4 Å². The monoisotopic (exact) mass is 438 g/mol. The first-order valence-electron chi connectivity index (χ1n) is 9.19. The van der Waals surface area contributed by atoms with Crippen LogP contribution in [0.5, 0.6) is 0 Å². The summed E-state index contributed by atoms with van der Waals surface area (Å²) in [7, 11) is 0. The number of halogens is 1. The minimum absolute atomic E-state index is 0.0320. The molecule has 30 heavy (non-hydrogen) atoms. The van der Waals surface area contributed by atoms with Crippen molar-refractivity contribution >= 4 is 29.6 Å². The number of carbonyl (C=O) groups is 3. The first-order chi connectivity index (χ1) is 14.3. The molecule has 2 rings (SSSR count). The molecule has 10 nitrogen and oxygen atoms in total. The Balaban J connectivity index is 0.000000479. The third-order valence-electron chi connectivity index (χ3n) is 4.07. The number of nitrogens with one attached hydrogen (secondary N) is 1. The van der Waals surface area contributed by atoms with Gasteiger partial charge in [0.1, 0.15) is 0 Å². The highest BCUT2D eigenvalue weighted by atomic mass is 35.5. The molecule has 164 valence electrons. The maximum Gasteiger partial charge on any atom is 0.340 e. The Labute approximate surface area is 179 Å². The van der Waals surface area contributed by atoms with Gasteiger partial charge in [0.2, 0.25) is 0 Å². The number of benzene rings is 1. The highest BCUT2D eigenvalue weighted by Crippen LogP contribution is 2.14. The van der Waals surface area contributed by atoms with E-state index in [0.29, 0.717) is 12.2 Å². The van der Waals surface area contributed by atoms with Gasteiger partial charge < -0.3 is 25.1 Å². The lowest BCUT2D eigenvalue weighted by molar-refractivity contribution is -0.301. The van der Waals surface area contributed by atoms with Crippen molar-refractivity contribution in [2.24, 2.45) is 5.29 Å². The quantitative estimate of drug-likeness (QED) is 0.252. The number of amides is 2. The van der Waals surface area contributed by atoms with Crippen LogP contribution in [0.15, 0.2) is 47.8 Å². The lowest BCUT2D eigenvalue weighted by atomic mass is 10.0. The zero-order valence-corrected chi connectivity index (χ0v) is 17.0. The molecule has 1 aromatic rings. The van der Waals surface area contributed by atoms with Crippen molar-refractivity contribution in [3.8, 4) is 0 Å². The molecule has 1 atom stereocenters. The minimum atomic E-state index is -1.55. The minimum Gasteiger partial charge on any atom is -0.545 e. The summed E-state index contributed by atoms with van der Waals surface area (Å²) in [4.78, 5) is 43.7. The van der Waals surface area contributed by atoms with Crippen LogP contribution < -0.4 is 15.5 Å². The van der Waals surface area contributed by atoms with Crippen molar-refractivity contribution in [2.75, 3.05) is 25.5 Å². The number of alkyl halides is 1. The van der Waals surface area contributed by atoms with Crippen molar-refractivity contribution in [2.45, 2.75) is 25.4 Å². The Bertz CT molecular complexity index is 715. The summed E-state index contributed by atoms with van der Waals surface area (Å²) in [6, 6.07) is 9.81. The van der Waals surface area contributed by atoms with E-state index < -0.39 is 18.0 Å². The summed E-state index contributed by atoms with van der Waals surface area (Å²) >= 11 is 5.55. The van der Waals surface area contributed by atoms with Crippen LogP contribution in [0.3, 0.4) is 0 Å². The number of nitroso groups, excluding NO2 is 1. The van der Waals surface area contributed by atoms with Gasteiger partial charge in [0, 0.05) is 25.0 Å². The van der Waals surface area contributed by atoms with Crippen LogP contribution in [0.4, 0.5) is 4.79 Å². The maximum absolute atomic E-state index is 11.9. The van der Waals surface area contributed by atoms with E-state index in [1.165, 1.54) is 5.56 Å². The second-order valence-corrected chi connectivity index (χ2v) is 6.75. The largest absolute Gasteiger partial charge is 0.545 e. The SMILES string of the molecule is O=C([O-])/C=C/C(=O)[O-].O=NN(CCCl)C(=O)NC1CCCN(Cc2ccccc2)C1. The normalized spacial score (nSPS) is 16.2. The maximum atomic E-state index is 11.9. The number of carboxylic acid groups (broad SMARTS) is 2. The fraction of sp³-hybridized carbons (Fsp3) is 0.421. The van der Waals surface area contributed by atoms with Crippen molar-refractivity contribution in [3.63, 3.8) is 0 Å². The van der Waals surface area contributed by atoms with Gasteiger partial charge in [0.15, 0.2) is 0 Å². The number of piperidine rings is 1. The zero-order valence-electron chi connectivity index (χ0n) is 16.2. The molecule has 1 aromatic carbocycles. The van der Waals surface area contributed by atoms with Crippen LogP contribution in [0.25, 0.3) is 0 Å². The highest BCUT2D eigenvalue weighted by Gasteiger charge is 2.23. The van der Waals surface area contributed by atoms with E-state index in [1.54, 1.807) is 0 Å². The molecule has 11 heteroatoms. The van der Waals surface area contributed by atoms with Crippen LogP contribution in [-0.2, 0) is 16.1 Å². The predicted molar refractivity (Wildman–Crippen MR) is 106 cm³/mol. The molecule has 1 heterocycles. The summed E-state index contributed by atoms with van der Waals surface area (Å²) in [6.07, 6.45) is 2.69. The van der Waals surface area contributed by atoms with Gasteiger partial charge in [0.25, 0.3) is 0 Å². The molecule has 2 amide bonds. The number of hydrogen-bond acceptors (Lipinski definition) is 8. The number of hydrogen-bond donors (Lipinski definition) is 1.